The van der Waals surface area contributed by atoms with E-state index in [1.165, 1.54) is 16.9 Å². The molecule has 0 aliphatic carbocycles. The second kappa shape index (κ2) is 4.98. The van der Waals surface area contributed by atoms with Crippen molar-refractivity contribution in [2.75, 3.05) is 13.1 Å². The SMILES string of the molecule is Cn1cc(C2CCN(C(=O)c3csc(Cl)c3)C2)cn1. The zero-order chi connectivity index (χ0) is 13.4. The van der Waals surface area contributed by atoms with Crippen molar-refractivity contribution >= 4 is 28.8 Å². The van der Waals surface area contributed by atoms with E-state index in [1.54, 1.807) is 10.7 Å². The van der Waals surface area contributed by atoms with E-state index in [4.69, 9.17) is 11.6 Å². The third-order valence-electron chi connectivity index (χ3n) is 3.49. The predicted octanol–water partition coefficient (Wildman–Crippen LogP) is 2.76. The fourth-order valence-electron chi connectivity index (χ4n) is 2.47. The van der Waals surface area contributed by atoms with E-state index in [2.05, 4.69) is 5.10 Å². The second-order valence-corrected chi connectivity index (χ2v) is 6.37. The van der Waals surface area contributed by atoms with E-state index in [9.17, 15) is 4.79 Å². The molecular weight excluding hydrogens is 282 g/mol. The van der Waals surface area contributed by atoms with E-state index >= 15 is 0 Å². The Kier molecular flexibility index (Phi) is 3.33. The predicted molar refractivity (Wildman–Crippen MR) is 75.8 cm³/mol. The first-order valence-corrected chi connectivity index (χ1v) is 7.41. The van der Waals surface area contributed by atoms with Crippen molar-refractivity contribution in [3.63, 3.8) is 0 Å². The molecule has 0 bridgehead atoms. The summed E-state index contributed by atoms with van der Waals surface area (Å²) in [5, 5.41) is 6.01. The van der Waals surface area contributed by atoms with E-state index < -0.39 is 0 Å². The van der Waals surface area contributed by atoms with Gasteiger partial charge in [-0.1, -0.05) is 11.6 Å². The number of carbonyl (C=O) groups is 1. The lowest BCUT2D eigenvalue weighted by Gasteiger charge is -2.15. The van der Waals surface area contributed by atoms with E-state index in [0.717, 1.165) is 19.5 Å². The Hall–Kier alpha value is -1.33. The summed E-state index contributed by atoms with van der Waals surface area (Å²) in [7, 11) is 1.91. The van der Waals surface area contributed by atoms with Crippen LogP contribution in [0.1, 0.15) is 28.3 Å². The Bertz CT molecular complexity index is 607. The Morgan fingerprint density at radius 1 is 1.58 bits per heavy atom. The number of nitrogens with zero attached hydrogens (tertiary/aromatic N) is 3. The first kappa shape index (κ1) is 12.7. The number of aryl methyl sites for hydroxylation is 1. The van der Waals surface area contributed by atoms with Crippen LogP contribution in [0, 0.1) is 0 Å². The molecule has 0 radical (unpaired) electrons. The van der Waals surface area contributed by atoms with Crippen LogP contribution in [0.2, 0.25) is 4.34 Å². The lowest BCUT2D eigenvalue weighted by atomic mass is 10.0. The van der Waals surface area contributed by atoms with Crippen LogP contribution < -0.4 is 0 Å². The van der Waals surface area contributed by atoms with Gasteiger partial charge in [-0.2, -0.15) is 5.10 Å². The third-order valence-corrected chi connectivity index (χ3v) is 4.58. The van der Waals surface area contributed by atoms with Crippen molar-refractivity contribution in [1.82, 2.24) is 14.7 Å². The smallest absolute Gasteiger partial charge is 0.254 e. The molecule has 1 amide bonds. The van der Waals surface area contributed by atoms with Crippen LogP contribution in [0.4, 0.5) is 0 Å². The fraction of sp³-hybridized carbons (Fsp3) is 0.385. The average Bonchev–Trinajstić information content (AvgIpc) is 3.07. The van der Waals surface area contributed by atoms with Gasteiger partial charge >= 0.3 is 0 Å². The van der Waals surface area contributed by atoms with Gasteiger partial charge < -0.3 is 4.90 Å². The zero-order valence-electron chi connectivity index (χ0n) is 10.5. The molecule has 1 unspecified atom stereocenters. The maximum Gasteiger partial charge on any atom is 0.254 e. The minimum atomic E-state index is 0.0783. The maximum atomic E-state index is 12.3. The average molecular weight is 296 g/mol. The van der Waals surface area contributed by atoms with Crippen LogP contribution >= 0.6 is 22.9 Å². The molecule has 3 heterocycles. The summed E-state index contributed by atoms with van der Waals surface area (Å²) in [5.41, 5.74) is 1.91. The molecule has 0 N–H and O–H groups in total. The van der Waals surface area contributed by atoms with Crippen molar-refractivity contribution in [2.24, 2.45) is 7.05 Å². The summed E-state index contributed by atoms with van der Waals surface area (Å²) in [6.45, 7) is 1.56. The fourth-order valence-corrected chi connectivity index (χ4v) is 3.33. The van der Waals surface area contributed by atoms with Gasteiger partial charge in [0.15, 0.2) is 0 Å². The number of likely N-dealkylation sites (tertiary alicyclic amines) is 1. The molecule has 100 valence electrons. The van der Waals surface area contributed by atoms with Crippen molar-refractivity contribution < 1.29 is 4.79 Å². The molecule has 1 aliphatic heterocycles. The highest BCUT2D eigenvalue weighted by Gasteiger charge is 2.28. The topological polar surface area (TPSA) is 38.1 Å². The number of hydrogen-bond acceptors (Lipinski definition) is 3. The molecule has 0 spiro atoms. The van der Waals surface area contributed by atoms with Crippen molar-refractivity contribution in [2.45, 2.75) is 12.3 Å². The van der Waals surface area contributed by atoms with Gasteiger partial charge in [-0.05, 0) is 18.1 Å². The summed E-state index contributed by atoms with van der Waals surface area (Å²) in [6, 6.07) is 1.74. The van der Waals surface area contributed by atoms with Gasteiger partial charge in [0.2, 0.25) is 0 Å². The molecule has 19 heavy (non-hydrogen) atoms. The number of rotatable bonds is 2. The van der Waals surface area contributed by atoms with Gasteiger partial charge in [-0.3, -0.25) is 9.48 Å². The first-order chi connectivity index (χ1) is 9.13. The first-order valence-electron chi connectivity index (χ1n) is 6.15. The van der Waals surface area contributed by atoms with Crippen LogP contribution in [0.5, 0.6) is 0 Å². The Morgan fingerprint density at radius 2 is 2.42 bits per heavy atom. The van der Waals surface area contributed by atoms with Crippen molar-refractivity contribution in [3.05, 3.63) is 39.3 Å². The minimum absolute atomic E-state index is 0.0783. The maximum absolute atomic E-state index is 12.3. The summed E-state index contributed by atoms with van der Waals surface area (Å²) >= 11 is 7.27. The standard InChI is InChI=1S/C13H14ClN3OS/c1-16-6-11(5-15-16)9-2-3-17(7-9)13(18)10-4-12(14)19-8-10/h4-6,8-9H,2-3,7H2,1H3. The van der Waals surface area contributed by atoms with Gasteiger partial charge in [0.05, 0.1) is 16.1 Å². The summed E-state index contributed by atoms with van der Waals surface area (Å²) in [4.78, 5) is 14.2. The van der Waals surface area contributed by atoms with Gasteiger partial charge in [0.1, 0.15) is 0 Å². The van der Waals surface area contributed by atoms with Crippen molar-refractivity contribution in [3.8, 4) is 0 Å². The lowest BCUT2D eigenvalue weighted by molar-refractivity contribution is 0.0791. The number of carbonyl (C=O) groups excluding carboxylic acids is 1. The molecule has 1 saturated heterocycles. The number of amides is 1. The van der Waals surface area contributed by atoms with Crippen LogP contribution in [0.3, 0.4) is 0 Å². The monoisotopic (exact) mass is 295 g/mol. The Morgan fingerprint density at radius 3 is 3.05 bits per heavy atom. The van der Waals surface area contributed by atoms with E-state index in [-0.39, 0.29) is 5.91 Å². The highest BCUT2D eigenvalue weighted by atomic mass is 35.5. The number of aromatic nitrogens is 2. The van der Waals surface area contributed by atoms with Crippen LogP contribution in [0.25, 0.3) is 0 Å². The van der Waals surface area contributed by atoms with Crippen LogP contribution in [-0.2, 0) is 7.05 Å². The molecule has 4 nitrogen and oxygen atoms in total. The molecule has 1 atom stereocenters. The van der Waals surface area contributed by atoms with Crippen LogP contribution in [0.15, 0.2) is 23.8 Å². The second-order valence-electron chi connectivity index (χ2n) is 4.82. The third kappa shape index (κ3) is 2.53. The molecular formula is C13H14ClN3OS. The quantitative estimate of drug-likeness (QED) is 0.854. The van der Waals surface area contributed by atoms with Crippen LogP contribution in [-0.4, -0.2) is 33.7 Å². The molecule has 6 heteroatoms. The largest absolute Gasteiger partial charge is 0.338 e. The molecule has 0 saturated carbocycles. The molecule has 0 aromatic carbocycles. The van der Waals surface area contributed by atoms with E-state index in [0.29, 0.717) is 15.8 Å². The number of hydrogen-bond donors (Lipinski definition) is 0. The Labute approximate surface area is 120 Å². The minimum Gasteiger partial charge on any atom is -0.338 e. The molecule has 2 aromatic heterocycles. The molecule has 1 fully saturated rings. The lowest BCUT2D eigenvalue weighted by Crippen LogP contribution is -2.28. The van der Waals surface area contributed by atoms with E-state index in [1.807, 2.05) is 29.7 Å². The highest BCUT2D eigenvalue weighted by Crippen LogP contribution is 2.29. The summed E-state index contributed by atoms with van der Waals surface area (Å²) in [6.07, 6.45) is 4.91. The van der Waals surface area contributed by atoms with Gasteiger partial charge in [0, 0.05) is 37.6 Å². The number of thiophene rings is 1. The van der Waals surface area contributed by atoms with Gasteiger partial charge in [0.25, 0.3) is 5.91 Å². The highest BCUT2D eigenvalue weighted by molar-refractivity contribution is 7.14. The zero-order valence-corrected chi connectivity index (χ0v) is 12.1. The van der Waals surface area contributed by atoms with Gasteiger partial charge in [-0.25, -0.2) is 0 Å². The van der Waals surface area contributed by atoms with Crippen molar-refractivity contribution in [1.29, 1.82) is 0 Å². The van der Waals surface area contributed by atoms with Gasteiger partial charge in [-0.15, -0.1) is 11.3 Å². The molecule has 1 aliphatic rings. The summed E-state index contributed by atoms with van der Waals surface area (Å²) in [5.74, 6) is 0.473. The normalized spacial score (nSPS) is 19.1. The molecule has 3 rings (SSSR count). The Balaban J connectivity index is 1.70. The summed E-state index contributed by atoms with van der Waals surface area (Å²) < 4.78 is 2.46. The molecule has 2 aromatic rings. The number of halogens is 1.